The van der Waals surface area contributed by atoms with Crippen molar-refractivity contribution < 1.29 is 23.8 Å². The molecule has 0 saturated heterocycles. The van der Waals surface area contributed by atoms with E-state index in [1.54, 1.807) is 33.5 Å². The Kier molecular flexibility index (Phi) is 5.49. The Bertz CT molecular complexity index is 897. The van der Waals surface area contributed by atoms with Crippen LogP contribution in [0.3, 0.4) is 0 Å². The van der Waals surface area contributed by atoms with Crippen molar-refractivity contribution in [1.82, 2.24) is 5.16 Å². The number of benzene rings is 2. The Morgan fingerprint density at radius 2 is 1.69 bits per heavy atom. The summed E-state index contributed by atoms with van der Waals surface area (Å²) in [6.07, 6.45) is 0. The molecule has 0 saturated carbocycles. The van der Waals surface area contributed by atoms with Crippen LogP contribution in [0.15, 0.2) is 45.4 Å². The van der Waals surface area contributed by atoms with Crippen molar-refractivity contribution in [2.45, 2.75) is 6.61 Å². The van der Waals surface area contributed by atoms with E-state index in [4.69, 9.17) is 18.7 Å². The van der Waals surface area contributed by atoms with Gasteiger partial charge in [0.05, 0.1) is 33.5 Å². The number of nitrogens with zero attached hydrogens (tertiary/aromatic N) is 1. The van der Waals surface area contributed by atoms with Crippen molar-refractivity contribution in [3.63, 3.8) is 0 Å². The molecule has 136 valence electrons. The van der Waals surface area contributed by atoms with Crippen molar-refractivity contribution in [2.24, 2.45) is 0 Å². The van der Waals surface area contributed by atoms with Crippen molar-refractivity contribution in [2.75, 3.05) is 21.3 Å². The molecule has 0 fully saturated rings. The third-order valence-electron chi connectivity index (χ3n) is 3.97. The van der Waals surface area contributed by atoms with Gasteiger partial charge in [0.15, 0.2) is 17.3 Å². The Hall–Kier alpha value is -2.51. The lowest BCUT2D eigenvalue weighted by Crippen LogP contribution is -1.96. The van der Waals surface area contributed by atoms with Gasteiger partial charge in [-0.05, 0) is 24.3 Å². The zero-order valence-corrected chi connectivity index (χ0v) is 16.2. The molecule has 0 atom stereocenters. The summed E-state index contributed by atoms with van der Waals surface area (Å²) >= 11 is 3.44. The number of aliphatic hydroxyl groups excluding tert-OH is 1. The minimum Gasteiger partial charge on any atom is -0.493 e. The Morgan fingerprint density at radius 3 is 2.23 bits per heavy atom. The van der Waals surface area contributed by atoms with Crippen LogP contribution < -0.4 is 14.2 Å². The van der Waals surface area contributed by atoms with Gasteiger partial charge in [-0.1, -0.05) is 33.2 Å². The summed E-state index contributed by atoms with van der Waals surface area (Å²) in [5, 5.41) is 14.1. The molecule has 0 aliphatic heterocycles. The maximum Gasteiger partial charge on any atom is 0.203 e. The third-order valence-corrected chi connectivity index (χ3v) is 4.46. The van der Waals surface area contributed by atoms with E-state index in [2.05, 4.69) is 21.1 Å². The summed E-state index contributed by atoms with van der Waals surface area (Å²) in [7, 11) is 4.63. The first-order valence-electron chi connectivity index (χ1n) is 7.78. The predicted octanol–water partition coefficient (Wildman–Crippen LogP) is 4.29. The smallest absolute Gasteiger partial charge is 0.203 e. The van der Waals surface area contributed by atoms with Crippen molar-refractivity contribution in [3.8, 4) is 39.8 Å². The van der Waals surface area contributed by atoms with Gasteiger partial charge in [-0.15, -0.1) is 0 Å². The molecule has 0 radical (unpaired) electrons. The molecule has 7 heteroatoms. The minimum atomic E-state index is -0.225. The fourth-order valence-corrected chi connectivity index (χ4v) is 3.16. The molecule has 2 aromatic carbocycles. The normalized spacial score (nSPS) is 10.7. The van der Waals surface area contributed by atoms with E-state index in [0.29, 0.717) is 39.8 Å². The molecule has 0 unspecified atom stereocenters. The number of rotatable bonds is 6. The van der Waals surface area contributed by atoms with Crippen molar-refractivity contribution in [1.29, 1.82) is 0 Å². The van der Waals surface area contributed by atoms with Crippen LogP contribution in [0.4, 0.5) is 0 Å². The van der Waals surface area contributed by atoms with E-state index in [-0.39, 0.29) is 6.61 Å². The number of methoxy groups -OCH3 is 3. The number of aromatic nitrogens is 1. The number of hydrogen-bond acceptors (Lipinski definition) is 6. The number of ether oxygens (including phenoxy) is 3. The summed E-state index contributed by atoms with van der Waals surface area (Å²) in [5.41, 5.74) is 2.66. The van der Waals surface area contributed by atoms with Gasteiger partial charge in [-0.25, -0.2) is 0 Å². The van der Waals surface area contributed by atoms with Gasteiger partial charge in [0.25, 0.3) is 0 Å². The molecule has 0 bridgehead atoms. The Morgan fingerprint density at radius 1 is 1.00 bits per heavy atom. The fraction of sp³-hybridized carbons (Fsp3) is 0.211. The van der Waals surface area contributed by atoms with E-state index in [0.717, 1.165) is 10.0 Å². The number of hydrogen-bond donors (Lipinski definition) is 1. The molecule has 1 aromatic heterocycles. The average molecular weight is 420 g/mol. The molecular weight excluding hydrogens is 402 g/mol. The van der Waals surface area contributed by atoms with Crippen LogP contribution in [0.1, 0.15) is 5.56 Å². The van der Waals surface area contributed by atoms with E-state index >= 15 is 0 Å². The van der Waals surface area contributed by atoms with Crippen LogP contribution >= 0.6 is 15.9 Å². The number of aliphatic hydroxyl groups is 1. The molecule has 26 heavy (non-hydrogen) atoms. The van der Waals surface area contributed by atoms with E-state index in [9.17, 15) is 5.11 Å². The molecule has 0 spiro atoms. The first-order chi connectivity index (χ1) is 12.6. The third kappa shape index (κ3) is 3.27. The van der Waals surface area contributed by atoms with E-state index in [1.165, 1.54) is 0 Å². The lowest BCUT2D eigenvalue weighted by atomic mass is 10.0. The van der Waals surface area contributed by atoms with Gasteiger partial charge < -0.3 is 23.8 Å². The van der Waals surface area contributed by atoms with Gasteiger partial charge in [0.2, 0.25) is 5.75 Å². The Balaban J connectivity index is 2.16. The average Bonchev–Trinajstić information content (AvgIpc) is 3.10. The van der Waals surface area contributed by atoms with E-state index < -0.39 is 0 Å². The molecule has 6 nitrogen and oxygen atoms in total. The van der Waals surface area contributed by atoms with Crippen molar-refractivity contribution >= 4 is 15.9 Å². The summed E-state index contributed by atoms with van der Waals surface area (Å²) in [6, 6.07) is 11.1. The molecule has 0 amide bonds. The fourth-order valence-electron chi connectivity index (χ4n) is 2.76. The lowest BCUT2D eigenvalue weighted by Gasteiger charge is -2.13. The van der Waals surface area contributed by atoms with Crippen LogP contribution in [0.5, 0.6) is 17.2 Å². The van der Waals surface area contributed by atoms with Crippen LogP contribution in [-0.4, -0.2) is 31.6 Å². The van der Waals surface area contributed by atoms with Gasteiger partial charge in [-0.2, -0.15) is 0 Å². The Labute approximate surface area is 159 Å². The second-order valence-corrected chi connectivity index (χ2v) is 6.34. The molecule has 1 N–H and O–H groups in total. The quantitative estimate of drug-likeness (QED) is 0.642. The zero-order chi connectivity index (χ0) is 18.7. The van der Waals surface area contributed by atoms with Crippen LogP contribution in [0.2, 0.25) is 0 Å². The van der Waals surface area contributed by atoms with E-state index in [1.807, 2.05) is 24.3 Å². The monoisotopic (exact) mass is 419 g/mol. The second-order valence-electron chi connectivity index (χ2n) is 5.42. The highest BCUT2D eigenvalue weighted by molar-refractivity contribution is 9.10. The highest BCUT2D eigenvalue weighted by Gasteiger charge is 2.22. The highest BCUT2D eigenvalue weighted by atomic mass is 79.9. The number of halogens is 1. The van der Waals surface area contributed by atoms with Gasteiger partial charge >= 0.3 is 0 Å². The first-order valence-corrected chi connectivity index (χ1v) is 8.58. The standard InChI is InChI=1S/C19H18BrNO5/c1-23-15-8-12(9-16(24-2)19(15)25-3)18-14(10-22)17(21-26-18)11-5-4-6-13(20)7-11/h4-9,22H,10H2,1-3H3. The maximum atomic E-state index is 9.93. The lowest BCUT2D eigenvalue weighted by molar-refractivity contribution is 0.281. The predicted molar refractivity (Wildman–Crippen MR) is 101 cm³/mol. The first kappa shape index (κ1) is 18.3. The summed E-state index contributed by atoms with van der Waals surface area (Å²) < 4.78 is 22.6. The van der Waals surface area contributed by atoms with Crippen LogP contribution in [-0.2, 0) is 6.61 Å². The van der Waals surface area contributed by atoms with Crippen LogP contribution in [0, 0.1) is 0 Å². The molecule has 0 aliphatic rings. The molecule has 3 rings (SSSR count). The van der Waals surface area contributed by atoms with Crippen LogP contribution in [0.25, 0.3) is 22.6 Å². The molecule has 0 aliphatic carbocycles. The zero-order valence-electron chi connectivity index (χ0n) is 14.6. The molecule has 1 heterocycles. The summed E-state index contributed by atoms with van der Waals surface area (Å²) in [4.78, 5) is 0. The largest absolute Gasteiger partial charge is 0.493 e. The maximum absolute atomic E-state index is 9.93. The van der Waals surface area contributed by atoms with Gasteiger partial charge in [0, 0.05) is 15.6 Å². The SMILES string of the molecule is COc1cc(-c2onc(-c3cccc(Br)c3)c2CO)cc(OC)c1OC. The van der Waals surface area contributed by atoms with Crippen molar-refractivity contribution in [3.05, 3.63) is 46.4 Å². The molecular formula is C19H18BrNO5. The minimum absolute atomic E-state index is 0.225. The summed E-state index contributed by atoms with van der Waals surface area (Å²) in [6.45, 7) is -0.225. The highest BCUT2D eigenvalue weighted by Crippen LogP contribution is 2.43. The van der Waals surface area contributed by atoms with Gasteiger partial charge in [-0.3, -0.25) is 0 Å². The summed E-state index contributed by atoms with van der Waals surface area (Å²) in [5.74, 6) is 1.91. The second kappa shape index (κ2) is 7.80. The topological polar surface area (TPSA) is 74.0 Å². The molecule has 3 aromatic rings. The van der Waals surface area contributed by atoms with Gasteiger partial charge in [0.1, 0.15) is 5.69 Å².